The number of halogens is 2. The van der Waals surface area contributed by atoms with E-state index in [2.05, 4.69) is 19.2 Å². The molecule has 0 radical (unpaired) electrons. The van der Waals surface area contributed by atoms with Crippen molar-refractivity contribution in [2.45, 2.75) is 65.3 Å². The number of hydrogen-bond acceptors (Lipinski definition) is 1. The van der Waals surface area contributed by atoms with Gasteiger partial charge in [0.2, 0.25) is 0 Å². The van der Waals surface area contributed by atoms with E-state index in [1.807, 2.05) is 0 Å². The molecule has 3 heteroatoms. The van der Waals surface area contributed by atoms with Crippen LogP contribution in [0.4, 0.5) is 8.78 Å². The molecule has 1 unspecified atom stereocenters. The molecule has 1 atom stereocenters. The Kier molecular flexibility index (Phi) is 5.37. The van der Waals surface area contributed by atoms with E-state index in [1.165, 1.54) is 12.1 Å². The van der Waals surface area contributed by atoms with Crippen molar-refractivity contribution < 1.29 is 8.78 Å². The SMILES string of the molecule is CCCNC(c1c(F)ccc(C)c1F)C1(CC)CCCC1. The van der Waals surface area contributed by atoms with Crippen LogP contribution >= 0.6 is 0 Å². The predicted octanol–water partition coefficient (Wildman–Crippen LogP) is 5.28. The van der Waals surface area contributed by atoms with E-state index < -0.39 is 5.82 Å². The highest BCUT2D eigenvalue weighted by atomic mass is 19.1. The highest BCUT2D eigenvalue weighted by molar-refractivity contribution is 5.31. The van der Waals surface area contributed by atoms with Gasteiger partial charge < -0.3 is 5.32 Å². The Morgan fingerprint density at radius 1 is 1.19 bits per heavy atom. The molecule has 0 bridgehead atoms. The minimum absolute atomic E-state index is 0.00928. The minimum atomic E-state index is -0.411. The van der Waals surface area contributed by atoms with Gasteiger partial charge in [0.05, 0.1) is 0 Å². The summed E-state index contributed by atoms with van der Waals surface area (Å²) >= 11 is 0. The fraction of sp³-hybridized carbons (Fsp3) is 0.667. The molecule has 0 heterocycles. The van der Waals surface area contributed by atoms with Gasteiger partial charge in [-0.05, 0) is 56.2 Å². The molecule has 0 aromatic heterocycles. The fourth-order valence-corrected chi connectivity index (χ4v) is 3.78. The summed E-state index contributed by atoms with van der Waals surface area (Å²) in [7, 11) is 0. The first-order chi connectivity index (χ1) is 10.1. The van der Waals surface area contributed by atoms with Crippen LogP contribution in [0.1, 0.15) is 69.5 Å². The predicted molar refractivity (Wildman–Crippen MR) is 83.3 cm³/mol. The molecule has 1 aliphatic carbocycles. The average molecular weight is 295 g/mol. The quantitative estimate of drug-likeness (QED) is 0.752. The molecule has 21 heavy (non-hydrogen) atoms. The first-order valence-electron chi connectivity index (χ1n) is 8.23. The third-order valence-electron chi connectivity index (χ3n) is 5.12. The van der Waals surface area contributed by atoms with Crippen LogP contribution in [-0.4, -0.2) is 6.54 Å². The van der Waals surface area contributed by atoms with Crippen LogP contribution in [0.25, 0.3) is 0 Å². The van der Waals surface area contributed by atoms with Crippen molar-refractivity contribution in [1.82, 2.24) is 5.32 Å². The molecule has 1 saturated carbocycles. The monoisotopic (exact) mass is 295 g/mol. The second kappa shape index (κ2) is 6.87. The molecule has 0 amide bonds. The molecule has 1 N–H and O–H groups in total. The lowest BCUT2D eigenvalue weighted by molar-refractivity contribution is 0.179. The zero-order valence-corrected chi connectivity index (χ0v) is 13.4. The molecule has 1 nitrogen and oxygen atoms in total. The van der Waals surface area contributed by atoms with Crippen LogP contribution in [0.5, 0.6) is 0 Å². The van der Waals surface area contributed by atoms with E-state index in [4.69, 9.17) is 0 Å². The summed E-state index contributed by atoms with van der Waals surface area (Å²) in [5.74, 6) is -0.783. The third-order valence-corrected chi connectivity index (χ3v) is 5.12. The summed E-state index contributed by atoms with van der Waals surface area (Å²) in [4.78, 5) is 0. The molecule has 1 fully saturated rings. The normalized spacial score (nSPS) is 18.9. The van der Waals surface area contributed by atoms with Crippen molar-refractivity contribution in [3.05, 3.63) is 34.9 Å². The van der Waals surface area contributed by atoms with Crippen molar-refractivity contribution in [1.29, 1.82) is 0 Å². The summed E-state index contributed by atoms with van der Waals surface area (Å²) in [5.41, 5.74) is 0.774. The van der Waals surface area contributed by atoms with E-state index in [-0.39, 0.29) is 22.8 Å². The first kappa shape index (κ1) is 16.4. The first-order valence-corrected chi connectivity index (χ1v) is 8.23. The highest BCUT2D eigenvalue weighted by Crippen LogP contribution is 2.51. The van der Waals surface area contributed by atoms with Crippen LogP contribution in [0.15, 0.2) is 12.1 Å². The Hall–Kier alpha value is -0.960. The maximum Gasteiger partial charge on any atom is 0.133 e. The maximum atomic E-state index is 14.6. The van der Waals surface area contributed by atoms with E-state index >= 15 is 0 Å². The molecule has 2 rings (SSSR count). The molecule has 1 aromatic carbocycles. The van der Waals surface area contributed by atoms with Crippen molar-refractivity contribution >= 4 is 0 Å². The molecule has 0 aliphatic heterocycles. The molecule has 118 valence electrons. The van der Waals surface area contributed by atoms with Crippen molar-refractivity contribution in [2.24, 2.45) is 5.41 Å². The third kappa shape index (κ3) is 3.13. The van der Waals surface area contributed by atoms with Crippen LogP contribution < -0.4 is 5.32 Å². The van der Waals surface area contributed by atoms with Crippen molar-refractivity contribution in [2.75, 3.05) is 6.54 Å². The van der Waals surface area contributed by atoms with Gasteiger partial charge in [-0.3, -0.25) is 0 Å². The second-order valence-corrected chi connectivity index (χ2v) is 6.40. The number of hydrogen-bond donors (Lipinski definition) is 1. The summed E-state index contributed by atoms with van der Waals surface area (Å²) in [6.07, 6.45) is 6.35. The van der Waals surface area contributed by atoms with Gasteiger partial charge in [0, 0.05) is 11.6 Å². The van der Waals surface area contributed by atoms with Gasteiger partial charge in [0.1, 0.15) is 11.6 Å². The lowest BCUT2D eigenvalue weighted by Crippen LogP contribution is -2.38. The summed E-state index contributed by atoms with van der Waals surface area (Å²) in [5, 5.41) is 3.45. The van der Waals surface area contributed by atoms with Gasteiger partial charge >= 0.3 is 0 Å². The number of aryl methyl sites for hydroxylation is 1. The van der Waals surface area contributed by atoms with E-state index in [0.29, 0.717) is 5.56 Å². The number of rotatable bonds is 6. The highest BCUT2D eigenvalue weighted by Gasteiger charge is 2.42. The Balaban J connectivity index is 2.47. The summed E-state index contributed by atoms with van der Waals surface area (Å²) in [6.45, 7) is 6.74. The van der Waals surface area contributed by atoms with Crippen LogP contribution in [0, 0.1) is 24.0 Å². The topological polar surface area (TPSA) is 12.0 Å². The standard InChI is InChI=1S/C18H27F2N/c1-4-12-21-17(18(5-2)10-6-7-11-18)15-14(19)9-8-13(3)16(15)20/h8-9,17,21H,4-7,10-12H2,1-3H3. The lowest BCUT2D eigenvalue weighted by Gasteiger charge is -2.38. The zero-order chi connectivity index (χ0) is 15.5. The van der Waals surface area contributed by atoms with Gasteiger partial charge in [-0.2, -0.15) is 0 Å². The van der Waals surface area contributed by atoms with E-state index in [9.17, 15) is 8.78 Å². The van der Waals surface area contributed by atoms with E-state index in [0.717, 1.165) is 45.1 Å². The van der Waals surface area contributed by atoms with Crippen molar-refractivity contribution in [3.63, 3.8) is 0 Å². The van der Waals surface area contributed by atoms with Crippen LogP contribution in [0.2, 0.25) is 0 Å². The summed E-state index contributed by atoms with van der Waals surface area (Å²) in [6, 6.07) is 2.72. The van der Waals surface area contributed by atoms with Crippen molar-refractivity contribution in [3.8, 4) is 0 Å². The van der Waals surface area contributed by atoms with Gasteiger partial charge in [-0.15, -0.1) is 0 Å². The van der Waals surface area contributed by atoms with Crippen LogP contribution in [-0.2, 0) is 0 Å². The summed E-state index contributed by atoms with van der Waals surface area (Å²) < 4.78 is 29.0. The Morgan fingerprint density at radius 3 is 2.43 bits per heavy atom. The minimum Gasteiger partial charge on any atom is -0.309 e. The fourth-order valence-electron chi connectivity index (χ4n) is 3.78. The molecule has 0 spiro atoms. The Bertz CT molecular complexity index is 478. The average Bonchev–Trinajstić information content (AvgIpc) is 2.96. The number of benzene rings is 1. The maximum absolute atomic E-state index is 14.6. The van der Waals surface area contributed by atoms with Gasteiger partial charge in [-0.1, -0.05) is 32.8 Å². The molecule has 0 saturated heterocycles. The Labute approximate surface area is 127 Å². The lowest BCUT2D eigenvalue weighted by atomic mass is 9.73. The molecule has 1 aliphatic rings. The van der Waals surface area contributed by atoms with Crippen LogP contribution in [0.3, 0.4) is 0 Å². The Morgan fingerprint density at radius 2 is 1.86 bits per heavy atom. The van der Waals surface area contributed by atoms with Gasteiger partial charge in [0.15, 0.2) is 0 Å². The number of nitrogens with one attached hydrogen (secondary N) is 1. The second-order valence-electron chi connectivity index (χ2n) is 6.40. The largest absolute Gasteiger partial charge is 0.309 e. The molecule has 1 aromatic rings. The van der Waals surface area contributed by atoms with E-state index in [1.54, 1.807) is 6.92 Å². The molecular weight excluding hydrogens is 268 g/mol. The molecular formula is C18H27F2N. The zero-order valence-electron chi connectivity index (χ0n) is 13.4. The smallest absolute Gasteiger partial charge is 0.133 e. The van der Waals surface area contributed by atoms with Gasteiger partial charge in [-0.25, -0.2) is 8.78 Å². The van der Waals surface area contributed by atoms with Gasteiger partial charge in [0.25, 0.3) is 0 Å².